The van der Waals surface area contributed by atoms with Gasteiger partial charge >= 0.3 is 0 Å². The highest BCUT2D eigenvalue weighted by atomic mass is 15.3. The third-order valence-electron chi connectivity index (χ3n) is 2.61. The first-order valence-corrected chi connectivity index (χ1v) is 5.47. The minimum absolute atomic E-state index is 0.0216. The van der Waals surface area contributed by atoms with Crippen molar-refractivity contribution < 1.29 is 0 Å². The first kappa shape index (κ1) is 10.8. The Kier molecular flexibility index (Phi) is 3.31. The van der Waals surface area contributed by atoms with E-state index in [2.05, 4.69) is 17.0 Å². The van der Waals surface area contributed by atoms with Crippen molar-refractivity contribution in [2.45, 2.75) is 25.9 Å². The Hall–Kier alpha value is -1.68. The van der Waals surface area contributed by atoms with Crippen molar-refractivity contribution in [3.05, 3.63) is 48.0 Å². The Balaban J connectivity index is 2.11. The highest BCUT2D eigenvalue weighted by molar-refractivity contribution is 5.15. The van der Waals surface area contributed by atoms with Crippen molar-refractivity contribution in [1.82, 2.24) is 14.8 Å². The summed E-state index contributed by atoms with van der Waals surface area (Å²) in [6, 6.07) is 5.93. The molecule has 0 bridgehead atoms. The van der Waals surface area contributed by atoms with E-state index in [-0.39, 0.29) is 6.04 Å². The van der Waals surface area contributed by atoms with Gasteiger partial charge in [-0.25, -0.2) is 0 Å². The van der Waals surface area contributed by atoms with Gasteiger partial charge in [0.15, 0.2) is 0 Å². The van der Waals surface area contributed by atoms with E-state index in [0.717, 1.165) is 24.2 Å². The lowest BCUT2D eigenvalue weighted by atomic mass is 10.1. The average molecular weight is 216 g/mol. The minimum Gasteiger partial charge on any atom is -0.322 e. The van der Waals surface area contributed by atoms with Crippen molar-refractivity contribution in [2.75, 3.05) is 0 Å². The first-order chi connectivity index (χ1) is 7.81. The van der Waals surface area contributed by atoms with E-state index in [1.165, 1.54) is 0 Å². The van der Waals surface area contributed by atoms with Gasteiger partial charge in [-0.2, -0.15) is 5.10 Å². The topological polar surface area (TPSA) is 56.7 Å². The minimum atomic E-state index is -0.0216. The summed E-state index contributed by atoms with van der Waals surface area (Å²) in [4.78, 5) is 4.08. The van der Waals surface area contributed by atoms with Crippen molar-refractivity contribution in [1.29, 1.82) is 0 Å². The second-order valence-corrected chi connectivity index (χ2v) is 3.74. The van der Waals surface area contributed by atoms with Crippen LogP contribution in [0.15, 0.2) is 36.8 Å². The smallest absolute Gasteiger partial charge is 0.0554 e. The lowest BCUT2D eigenvalue weighted by molar-refractivity contribution is 0.568. The van der Waals surface area contributed by atoms with Gasteiger partial charge in [-0.1, -0.05) is 6.07 Å². The second-order valence-electron chi connectivity index (χ2n) is 3.74. The molecule has 4 heteroatoms. The van der Waals surface area contributed by atoms with Crippen LogP contribution in [0.2, 0.25) is 0 Å². The van der Waals surface area contributed by atoms with Crippen LogP contribution in [0.25, 0.3) is 0 Å². The quantitative estimate of drug-likeness (QED) is 0.843. The highest BCUT2D eigenvalue weighted by Crippen LogP contribution is 2.14. The van der Waals surface area contributed by atoms with Gasteiger partial charge < -0.3 is 5.73 Å². The predicted molar refractivity (Wildman–Crippen MR) is 62.8 cm³/mol. The van der Waals surface area contributed by atoms with Crippen LogP contribution in [0.5, 0.6) is 0 Å². The third kappa shape index (κ3) is 2.28. The maximum atomic E-state index is 6.16. The summed E-state index contributed by atoms with van der Waals surface area (Å²) >= 11 is 0. The lowest BCUT2D eigenvalue weighted by Gasteiger charge is -2.13. The largest absolute Gasteiger partial charge is 0.322 e. The molecule has 84 valence electrons. The Morgan fingerprint density at radius 1 is 1.38 bits per heavy atom. The fourth-order valence-electron chi connectivity index (χ4n) is 1.80. The number of rotatable bonds is 4. The van der Waals surface area contributed by atoms with Gasteiger partial charge in [-0.3, -0.25) is 9.67 Å². The Labute approximate surface area is 95.1 Å². The summed E-state index contributed by atoms with van der Waals surface area (Å²) in [6.07, 6.45) is 6.21. The molecule has 0 aromatic carbocycles. The van der Waals surface area contributed by atoms with Crippen LogP contribution in [-0.4, -0.2) is 14.8 Å². The molecule has 0 fully saturated rings. The molecule has 2 heterocycles. The van der Waals surface area contributed by atoms with Gasteiger partial charge in [0.25, 0.3) is 0 Å². The molecule has 0 saturated carbocycles. The molecule has 2 aromatic rings. The number of hydrogen-bond acceptors (Lipinski definition) is 3. The fourth-order valence-corrected chi connectivity index (χ4v) is 1.80. The molecule has 0 aliphatic rings. The molecule has 1 atom stereocenters. The number of pyridine rings is 1. The molecule has 1 unspecified atom stereocenters. The van der Waals surface area contributed by atoms with Gasteiger partial charge in [0, 0.05) is 25.1 Å². The van der Waals surface area contributed by atoms with Crippen LogP contribution in [-0.2, 0) is 13.0 Å². The highest BCUT2D eigenvalue weighted by Gasteiger charge is 2.11. The van der Waals surface area contributed by atoms with Crippen molar-refractivity contribution in [3.63, 3.8) is 0 Å². The van der Waals surface area contributed by atoms with Crippen molar-refractivity contribution in [2.24, 2.45) is 5.73 Å². The molecule has 16 heavy (non-hydrogen) atoms. The Bertz CT molecular complexity index is 435. The fraction of sp³-hybridized carbons (Fsp3) is 0.333. The number of nitrogens with zero attached hydrogens (tertiary/aromatic N) is 3. The van der Waals surface area contributed by atoms with E-state index in [9.17, 15) is 0 Å². The maximum absolute atomic E-state index is 6.16. The first-order valence-electron chi connectivity index (χ1n) is 5.47. The zero-order valence-corrected chi connectivity index (χ0v) is 9.37. The van der Waals surface area contributed by atoms with Gasteiger partial charge in [-0.15, -0.1) is 0 Å². The van der Waals surface area contributed by atoms with Gasteiger partial charge in [-0.05, 0) is 31.0 Å². The maximum Gasteiger partial charge on any atom is 0.0554 e. The third-order valence-corrected chi connectivity index (χ3v) is 2.61. The molecular weight excluding hydrogens is 200 g/mol. The molecule has 0 amide bonds. The lowest BCUT2D eigenvalue weighted by Crippen LogP contribution is -2.18. The molecule has 2 aromatic heterocycles. The summed E-state index contributed by atoms with van der Waals surface area (Å²) in [7, 11) is 0. The van der Waals surface area contributed by atoms with Crippen LogP contribution in [0.3, 0.4) is 0 Å². The number of aromatic nitrogens is 3. The van der Waals surface area contributed by atoms with Gasteiger partial charge in [0.2, 0.25) is 0 Å². The Morgan fingerprint density at radius 3 is 2.94 bits per heavy atom. The van der Waals surface area contributed by atoms with Crippen LogP contribution in [0.1, 0.15) is 24.2 Å². The predicted octanol–water partition coefficient (Wildman–Crippen LogP) is 1.54. The standard InChI is InChI=1S/C12H16N4/c1-2-16-12(5-7-15-16)11(13)8-10-4-3-6-14-9-10/h3-7,9,11H,2,8,13H2,1H3. The molecule has 0 radical (unpaired) electrons. The monoisotopic (exact) mass is 216 g/mol. The van der Waals surface area contributed by atoms with Crippen LogP contribution >= 0.6 is 0 Å². The van der Waals surface area contributed by atoms with Crippen LogP contribution in [0.4, 0.5) is 0 Å². The van der Waals surface area contributed by atoms with E-state index in [0.29, 0.717) is 0 Å². The molecule has 4 nitrogen and oxygen atoms in total. The zero-order valence-electron chi connectivity index (χ0n) is 9.37. The average Bonchev–Trinajstić information content (AvgIpc) is 2.78. The molecule has 2 rings (SSSR count). The summed E-state index contributed by atoms with van der Waals surface area (Å²) in [6.45, 7) is 2.91. The summed E-state index contributed by atoms with van der Waals surface area (Å²) < 4.78 is 1.93. The van der Waals surface area contributed by atoms with E-state index < -0.39 is 0 Å². The van der Waals surface area contributed by atoms with E-state index in [1.807, 2.05) is 29.1 Å². The normalized spacial score (nSPS) is 12.6. The molecule has 0 aliphatic heterocycles. The number of hydrogen-bond donors (Lipinski definition) is 1. The van der Waals surface area contributed by atoms with E-state index in [4.69, 9.17) is 5.73 Å². The SMILES string of the molecule is CCn1nccc1C(N)Cc1cccnc1. The van der Waals surface area contributed by atoms with E-state index in [1.54, 1.807) is 12.4 Å². The molecule has 0 spiro atoms. The van der Waals surface area contributed by atoms with Crippen molar-refractivity contribution >= 4 is 0 Å². The summed E-state index contributed by atoms with van der Waals surface area (Å²) in [5, 5.41) is 4.22. The molecule has 0 saturated heterocycles. The van der Waals surface area contributed by atoms with Crippen LogP contribution < -0.4 is 5.73 Å². The van der Waals surface area contributed by atoms with E-state index >= 15 is 0 Å². The second kappa shape index (κ2) is 4.90. The molecular formula is C12H16N4. The molecule has 2 N–H and O–H groups in total. The summed E-state index contributed by atoms with van der Waals surface area (Å²) in [5.41, 5.74) is 8.39. The molecule has 0 aliphatic carbocycles. The van der Waals surface area contributed by atoms with Gasteiger partial charge in [0.1, 0.15) is 0 Å². The van der Waals surface area contributed by atoms with Gasteiger partial charge in [0.05, 0.1) is 11.7 Å². The zero-order chi connectivity index (χ0) is 11.4. The van der Waals surface area contributed by atoms with Crippen molar-refractivity contribution in [3.8, 4) is 0 Å². The Morgan fingerprint density at radius 2 is 2.25 bits per heavy atom. The summed E-state index contributed by atoms with van der Waals surface area (Å²) in [5.74, 6) is 0. The van der Waals surface area contributed by atoms with Crippen LogP contribution in [0, 0.1) is 0 Å². The number of nitrogens with two attached hydrogens (primary N) is 1. The number of aryl methyl sites for hydroxylation is 1.